The number of rotatable bonds is 8. The maximum absolute atomic E-state index is 14.4. The number of ketones is 4. The molecule has 0 saturated heterocycles. The number of ether oxygens (including phenoxy) is 1. The van der Waals surface area contributed by atoms with Gasteiger partial charge in [0.25, 0.3) is 0 Å². The zero-order valence-electron chi connectivity index (χ0n) is 28.2. The van der Waals surface area contributed by atoms with Gasteiger partial charge in [-0.1, -0.05) is 56.3 Å². The number of likely N-dealkylation sites (N-methyl/N-ethyl adjacent to an activating group) is 1. The van der Waals surface area contributed by atoms with E-state index in [-0.39, 0.29) is 24.2 Å². The van der Waals surface area contributed by atoms with Crippen molar-refractivity contribution >= 4 is 29.0 Å². The fourth-order valence-corrected chi connectivity index (χ4v) is 8.89. The van der Waals surface area contributed by atoms with Crippen LogP contribution in [0.2, 0.25) is 0 Å². The molecular weight excluding hydrogens is 626 g/mol. The number of primary amides is 1. The number of hydrogen-bond acceptors (Lipinski definition) is 10. The second-order valence-corrected chi connectivity index (χ2v) is 14.4. The molecule has 0 radical (unpaired) electrons. The van der Waals surface area contributed by atoms with E-state index in [4.69, 9.17) is 10.5 Å². The summed E-state index contributed by atoms with van der Waals surface area (Å²) in [7, 11) is 4.76. The SMILES string of the molecule is COc1ccc(CNCc2ccc(-c3ccc(O)c4c3C[C@@]3(C)C[C@@]5(C)[C@H](N(C)C)C(=O)C(C(N)=O)C(=O)[C@@]5(O)C(=O)C3C4=O)cc2)cc1. The monoisotopic (exact) mass is 667 g/mol. The second kappa shape index (κ2) is 12.0. The lowest BCUT2D eigenvalue weighted by atomic mass is 9.42. The number of fused-ring (bicyclic) bond motifs is 3. The number of amides is 1. The lowest BCUT2D eigenvalue weighted by Crippen LogP contribution is -2.79. The Kier molecular flexibility index (Phi) is 8.37. The minimum atomic E-state index is -2.84. The number of aliphatic hydroxyl groups is 1. The number of phenols is 1. The van der Waals surface area contributed by atoms with Gasteiger partial charge in [0, 0.05) is 18.5 Å². The Morgan fingerprint density at radius 1 is 0.939 bits per heavy atom. The van der Waals surface area contributed by atoms with Crippen LogP contribution in [0.3, 0.4) is 0 Å². The fraction of sp³-hybridized carbons (Fsp3) is 0.395. The van der Waals surface area contributed by atoms with Gasteiger partial charge in [-0.2, -0.15) is 0 Å². The standard InChI is InChI=1S/C38H41N3O8/c1-36-16-25-24(22-10-6-20(7-11-22)17-40-18-21-8-12-23(49-5)13-9-21)14-15-26(42)27(25)30(43)29(36)34(46)38(48)33(45)28(35(39)47)31(44)32(41(3)4)37(38,2)19-36/h6-15,28-29,32,40,42,48H,16-19H2,1-5H3,(H2,39,47)/t28?,29?,32-,36+,37+,38-/m1/s1. The number of phenolic OH excluding ortho intramolecular Hbond substituents is 1. The molecule has 5 N–H and O–H groups in total. The number of aromatic hydroxyl groups is 1. The summed E-state index contributed by atoms with van der Waals surface area (Å²) in [5, 5.41) is 26.6. The van der Waals surface area contributed by atoms with E-state index < -0.39 is 63.3 Å². The predicted molar refractivity (Wildman–Crippen MR) is 180 cm³/mol. The summed E-state index contributed by atoms with van der Waals surface area (Å²) < 4.78 is 5.22. The molecule has 256 valence electrons. The number of Topliss-reactive ketones (excluding diaryl/α,β-unsaturated/α-hetero) is 4. The summed E-state index contributed by atoms with van der Waals surface area (Å²) in [6, 6.07) is 17.6. The number of nitrogens with two attached hydrogens (primary N) is 1. The molecule has 2 saturated carbocycles. The van der Waals surface area contributed by atoms with Crippen LogP contribution in [0.4, 0.5) is 0 Å². The molecular formula is C38H41N3O8. The van der Waals surface area contributed by atoms with Crippen LogP contribution in [-0.4, -0.2) is 77.0 Å². The van der Waals surface area contributed by atoms with Gasteiger partial charge in [-0.3, -0.25) is 28.9 Å². The number of carbonyl (C=O) groups is 5. The first kappa shape index (κ1) is 34.2. The van der Waals surface area contributed by atoms with Crippen molar-refractivity contribution in [1.82, 2.24) is 10.2 Å². The first-order valence-corrected chi connectivity index (χ1v) is 16.2. The van der Waals surface area contributed by atoms with E-state index in [2.05, 4.69) is 5.32 Å². The molecule has 0 heterocycles. The molecule has 3 aliphatic rings. The van der Waals surface area contributed by atoms with E-state index in [1.807, 2.05) is 48.5 Å². The molecule has 6 atom stereocenters. The van der Waals surface area contributed by atoms with Crippen LogP contribution in [0.15, 0.2) is 60.7 Å². The van der Waals surface area contributed by atoms with E-state index in [1.165, 1.54) is 17.9 Å². The summed E-state index contributed by atoms with van der Waals surface area (Å²) in [6.07, 6.45) is 0.0740. The Labute approximate surface area is 284 Å². The number of nitrogens with one attached hydrogen (secondary N) is 1. The Morgan fingerprint density at radius 3 is 2.08 bits per heavy atom. The Morgan fingerprint density at radius 2 is 1.53 bits per heavy atom. The highest BCUT2D eigenvalue weighted by Crippen LogP contribution is 2.62. The highest BCUT2D eigenvalue weighted by atomic mass is 16.5. The summed E-state index contributed by atoms with van der Waals surface area (Å²) in [5.74, 6) is -8.21. The zero-order chi connectivity index (χ0) is 35.6. The van der Waals surface area contributed by atoms with E-state index in [0.29, 0.717) is 24.2 Å². The van der Waals surface area contributed by atoms with Crippen molar-refractivity contribution < 1.29 is 38.9 Å². The number of carbonyl (C=O) groups excluding carboxylic acids is 5. The van der Waals surface area contributed by atoms with Crippen LogP contribution < -0.4 is 15.8 Å². The number of methoxy groups -OCH3 is 1. The third-order valence-corrected chi connectivity index (χ3v) is 11.0. The van der Waals surface area contributed by atoms with E-state index in [1.54, 1.807) is 34.2 Å². The Hall–Kier alpha value is -4.71. The first-order chi connectivity index (χ1) is 23.1. The lowest BCUT2D eigenvalue weighted by molar-refractivity contribution is -0.203. The largest absolute Gasteiger partial charge is 0.507 e. The van der Waals surface area contributed by atoms with Crippen molar-refractivity contribution in [3.05, 3.63) is 82.9 Å². The molecule has 3 aromatic rings. The van der Waals surface area contributed by atoms with Crippen molar-refractivity contribution in [2.24, 2.45) is 28.4 Å². The molecule has 2 fully saturated rings. The Balaban J connectivity index is 1.34. The number of nitrogens with zero attached hydrogens (tertiary/aromatic N) is 1. The molecule has 6 rings (SSSR count). The van der Waals surface area contributed by atoms with Gasteiger partial charge >= 0.3 is 0 Å². The second-order valence-electron chi connectivity index (χ2n) is 14.4. The topological polar surface area (TPSA) is 176 Å². The van der Waals surface area contributed by atoms with Gasteiger partial charge < -0.3 is 26.0 Å². The van der Waals surface area contributed by atoms with E-state index in [0.717, 1.165) is 22.4 Å². The summed E-state index contributed by atoms with van der Waals surface area (Å²) in [5.41, 5.74) is 3.94. The van der Waals surface area contributed by atoms with E-state index in [9.17, 15) is 34.2 Å². The maximum Gasteiger partial charge on any atom is 0.235 e. The molecule has 0 aromatic heterocycles. The number of benzene rings is 3. The summed E-state index contributed by atoms with van der Waals surface area (Å²) in [4.78, 5) is 70.0. The molecule has 49 heavy (non-hydrogen) atoms. The molecule has 0 spiro atoms. The van der Waals surface area contributed by atoms with Gasteiger partial charge in [-0.05, 0) is 78.4 Å². The van der Waals surface area contributed by atoms with Crippen molar-refractivity contribution in [2.75, 3.05) is 21.2 Å². The average Bonchev–Trinajstić information content (AvgIpc) is 3.03. The van der Waals surface area contributed by atoms with Crippen LogP contribution in [0.25, 0.3) is 11.1 Å². The van der Waals surface area contributed by atoms with Crippen LogP contribution in [0.5, 0.6) is 11.5 Å². The molecule has 11 heteroatoms. The molecule has 3 aliphatic carbocycles. The molecule has 11 nitrogen and oxygen atoms in total. The molecule has 2 unspecified atom stereocenters. The summed E-state index contributed by atoms with van der Waals surface area (Å²) >= 11 is 0. The predicted octanol–water partition coefficient (Wildman–Crippen LogP) is 2.61. The van der Waals surface area contributed by atoms with Crippen LogP contribution in [-0.2, 0) is 38.7 Å². The van der Waals surface area contributed by atoms with Crippen molar-refractivity contribution in [3.8, 4) is 22.6 Å². The van der Waals surface area contributed by atoms with Crippen LogP contribution >= 0.6 is 0 Å². The minimum Gasteiger partial charge on any atom is -0.507 e. The smallest absolute Gasteiger partial charge is 0.235 e. The number of hydrogen-bond donors (Lipinski definition) is 4. The van der Waals surface area contributed by atoms with Crippen molar-refractivity contribution in [3.63, 3.8) is 0 Å². The normalized spacial score (nSPS) is 29.3. The molecule has 0 aliphatic heterocycles. The third-order valence-electron chi connectivity index (χ3n) is 11.0. The van der Waals surface area contributed by atoms with E-state index >= 15 is 0 Å². The van der Waals surface area contributed by atoms with Gasteiger partial charge in [0.1, 0.15) is 11.5 Å². The van der Waals surface area contributed by atoms with Crippen LogP contribution in [0, 0.1) is 22.7 Å². The van der Waals surface area contributed by atoms with Crippen molar-refractivity contribution in [2.45, 2.75) is 51.4 Å². The Bertz CT molecular complexity index is 1890. The zero-order valence-corrected chi connectivity index (χ0v) is 28.2. The quantitative estimate of drug-likeness (QED) is 0.261. The highest BCUT2D eigenvalue weighted by Gasteiger charge is 2.76. The van der Waals surface area contributed by atoms with Gasteiger partial charge in [0.15, 0.2) is 34.7 Å². The van der Waals surface area contributed by atoms with Gasteiger partial charge in [-0.25, -0.2) is 0 Å². The molecule has 0 bridgehead atoms. The lowest BCUT2D eigenvalue weighted by Gasteiger charge is -2.61. The fourth-order valence-electron chi connectivity index (χ4n) is 8.89. The molecule has 3 aromatic carbocycles. The molecule has 1 amide bonds. The minimum absolute atomic E-state index is 0.0410. The van der Waals surface area contributed by atoms with Gasteiger partial charge in [0.2, 0.25) is 5.91 Å². The third kappa shape index (κ3) is 5.10. The maximum atomic E-state index is 14.4. The first-order valence-electron chi connectivity index (χ1n) is 16.2. The van der Waals surface area contributed by atoms with Crippen molar-refractivity contribution in [1.29, 1.82) is 0 Å². The van der Waals surface area contributed by atoms with Crippen LogP contribution in [0.1, 0.15) is 47.3 Å². The van der Waals surface area contributed by atoms with Gasteiger partial charge in [0.05, 0.1) is 24.6 Å². The average molecular weight is 668 g/mol. The van der Waals surface area contributed by atoms with Gasteiger partial charge in [-0.15, -0.1) is 0 Å². The highest BCUT2D eigenvalue weighted by molar-refractivity contribution is 6.33. The summed E-state index contributed by atoms with van der Waals surface area (Å²) in [6.45, 7) is 4.52.